The van der Waals surface area contributed by atoms with E-state index in [1.807, 2.05) is 30.3 Å². The molecule has 1 N–H and O–H groups in total. The number of carboxylic acids is 1. The molecule has 2 fully saturated rings. The fraction of sp³-hybridized carbons (Fsp3) is 0.412. The van der Waals surface area contributed by atoms with Gasteiger partial charge in [-0.25, -0.2) is 9.67 Å². The van der Waals surface area contributed by atoms with Crippen molar-refractivity contribution in [1.29, 1.82) is 0 Å². The highest BCUT2D eigenvalue weighted by molar-refractivity contribution is 5.91. The van der Waals surface area contributed by atoms with Crippen molar-refractivity contribution in [3.63, 3.8) is 0 Å². The molecule has 0 unspecified atom stereocenters. The van der Waals surface area contributed by atoms with E-state index >= 15 is 0 Å². The molecule has 124 valence electrons. The van der Waals surface area contributed by atoms with E-state index in [9.17, 15) is 14.7 Å². The molecule has 0 spiro atoms. The van der Waals surface area contributed by atoms with Crippen LogP contribution < -0.4 is 0 Å². The first-order valence-corrected chi connectivity index (χ1v) is 8.12. The van der Waals surface area contributed by atoms with Gasteiger partial charge in [0, 0.05) is 13.1 Å². The van der Waals surface area contributed by atoms with Gasteiger partial charge in [0.05, 0.1) is 11.6 Å². The van der Waals surface area contributed by atoms with E-state index in [0.29, 0.717) is 12.5 Å². The summed E-state index contributed by atoms with van der Waals surface area (Å²) in [7, 11) is 0. The number of hydrogen-bond acceptors (Lipinski definition) is 4. The molecular formula is C17H18N4O3. The van der Waals surface area contributed by atoms with Crippen LogP contribution in [0.25, 0.3) is 5.69 Å². The number of para-hydroxylation sites is 1. The van der Waals surface area contributed by atoms with Gasteiger partial charge in [0.1, 0.15) is 6.33 Å². The lowest BCUT2D eigenvalue weighted by molar-refractivity contribution is -0.142. The van der Waals surface area contributed by atoms with Crippen LogP contribution in [-0.2, 0) is 4.79 Å². The topological polar surface area (TPSA) is 88.3 Å². The average molecular weight is 326 g/mol. The van der Waals surface area contributed by atoms with Crippen molar-refractivity contribution >= 4 is 11.9 Å². The molecule has 2 aliphatic rings. The molecule has 1 aromatic heterocycles. The van der Waals surface area contributed by atoms with Gasteiger partial charge < -0.3 is 10.0 Å². The van der Waals surface area contributed by atoms with E-state index in [0.717, 1.165) is 18.5 Å². The highest BCUT2D eigenvalue weighted by atomic mass is 16.4. The van der Waals surface area contributed by atoms with E-state index in [4.69, 9.17) is 0 Å². The number of nitrogens with zero attached hydrogens (tertiary/aromatic N) is 4. The van der Waals surface area contributed by atoms with Crippen LogP contribution in [0, 0.1) is 17.8 Å². The molecule has 7 nitrogen and oxygen atoms in total. The maximum Gasteiger partial charge on any atom is 0.308 e. The molecule has 0 bridgehead atoms. The number of carbonyl (C=O) groups is 2. The first-order chi connectivity index (χ1) is 11.6. The third kappa shape index (κ3) is 2.66. The highest BCUT2D eigenvalue weighted by Crippen LogP contribution is 2.44. The number of amides is 1. The predicted octanol–water partition coefficient (Wildman–Crippen LogP) is 1.45. The Bertz CT molecular complexity index is 769. The van der Waals surface area contributed by atoms with Crippen LogP contribution in [0.1, 0.15) is 23.5 Å². The van der Waals surface area contributed by atoms with Gasteiger partial charge >= 0.3 is 5.97 Å². The number of benzene rings is 1. The van der Waals surface area contributed by atoms with Gasteiger partial charge in [-0.05, 0) is 36.8 Å². The van der Waals surface area contributed by atoms with Crippen molar-refractivity contribution in [2.75, 3.05) is 13.1 Å². The summed E-state index contributed by atoms with van der Waals surface area (Å²) in [5, 5.41) is 13.7. The zero-order chi connectivity index (χ0) is 16.7. The fourth-order valence-corrected chi connectivity index (χ4v) is 3.47. The third-order valence-electron chi connectivity index (χ3n) is 4.90. The number of aliphatic carboxylic acids is 1. The van der Waals surface area contributed by atoms with Gasteiger partial charge in [-0.3, -0.25) is 9.59 Å². The first-order valence-electron chi connectivity index (χ1n) is 8.12. The normalized spacial score (nSPS) is 23.4. The Labute approximate surface area is 138 Å². The molecule has 7 heteroatoms. The maximum absolute atomic E-state index is 12.6. The largest absolute Gasteiger partial charge is 0.481 e. The molecule has 2 atom stereocenters. The van der Waals surface area contributed by atoms with Crippen LogP contribution in [0.15, 0.2) is 36.7 Å². The van der Waals surface area contributed by atoms with E-state index in [-0.39, 0.29) is 24.2 Å². The Balaban J connectivity index is 1.52. The molecule has 1 saturated carbocycles. The number of carboxylic acid groups (broad SMARTS) is 1. The molecule has 0 radical (unpaired) electrons. The number of likely N-dealkylation sites (tertiary alicyclic amines) is 1. The Morgan fingerprint density at radius 1 is 1.12 bits per heavy atom. The summed E-state index contributed by atoms with van der Waals surface area (Å²) in [4.78, 5) is 29.8. The Morgan fingerprint density at radius 3 is 2.54 bits per heavy atom. The fourth-order valence-electron chi connectivity index (χ4n) is 3.47. The van der Waals surface area contributed by atoms with Crippen LogP contribution in [0.4, 0.5) is 0 Å². The van der Waals surface area contributed by atoms with Crippen molar-refractivity contribution in [3.05, 3.63) is 42.5 Å². The van der Waals surface area contributed by atoms with Crippen LogP contribution >= 0.6 is 0 Å². The Kier molecular flexibility index (Phi) is 3.55. The van der Waals surface area contributed by atoms with E-state index in [2.05, 4.69) is 10.1 Å². The second-order valence-corrected chi connectivity index (χ2v) is 6.50. The zero-order valence-electron chi connectivity index (χ0n) is 13.1. The van der Waals surface area contributed by atoms with Crippen LogP contribution in [0.5, 0.6) is 0 Å². The Hall–Kier alpha value is -2.70. The van der Waals surface area contributed by atoms with Crippen LogP contribution in [0.2, 0.25) is 0 Å². The van der Waals surface area contributed by atoms with Gasteiger partial charge in [0.2, 0.25) is 5.82 Å². The summed E-state index contributed by atoms with van der Waals surface area (Å²) in [5.74, 6) is -0.970. The standard InChI is InChI=1S/C17H18N4O3/c22-16(15-18-10-21(19-15)12-4-2-1-3-5-12)20-8-13(11-6-7-11)14(9-20)17(23)24/h1-5,10-11,13-14H,6-9H2,(H,23,24)/t13-,14+/m1/s1. The predicted molar refractivity (Wildman–Crippen MR) is 84.6 cm³/mol. The minimum atomic E-state index is -0.815. The molecule has 4 rings (SSSR count). The van der Waals surface area contributed by atoms with Crippen molar-refractivity contribution in [1.82, 2.24) is 19.7 Å². The number of aromatic nitrogens is 3. The molecular weight excluding hydrogens is 308 g/mol. The van der Waals surface area contributed by atoms with Crippen molar-refractivity contribution in [2.45, 2.75) is 12.8 Å². The summed E-state index contributed by atoms with van der Waals surface area (Å²) in [6, 6.07) is 9.43. The van der Waals surface area contributed by atoms with Gasteiger partial charge in [0.15, 0.2) is 0 Å². The van der Waals surface area contributed by atoms with Gasteiger partial charge in [-0.15, -0.1) is 5.10 Å². The molecule has 24 heavy (non-hydrogen) atoms. The summed E-state index contributed by atoms with van der Waals surface area (Å²) in [6.07, 6.45) is 3.64. The third-order valence-corrected chi connectivity index (χ3v) is 4.90. The van der Waals surface area contributed by atoms with E-state index in [1.165, 1.54) is 6.33 Å². The second kappa shape index (κ2) is 5.74. The monoisotopic (exact) mass is 326 g/mol. The molecule has 1 aromatic carbocycles. The lowest BCUT2D eigenvalue weighted by atomic mass is 9.92. The molecule has 1 aliphatic heterocycles. The summed E-state index contributed by atoms with van der Waals surface area (Å²) < 4.78 is 1.55. The van der Waals surface area contributed by atoms with E-state index < -0.39 is 11.9 Å². The summed E-state index contributed by atoms with van der Waals surface area (Å²) in [5.41, 5.74) is 0.824. The van der Waals surface area contributed by atoms with Crippen LogP contribution in [-0.4, -0.2) is 49.7 Å². The molecule has 2 aromatic rings. The number of rotatable bonds is 4. The van der Waals surface area contributed by atoms with Crippen molar-refractivity contribution in [2.24, 2.45) is 17.8 Å². The quantitative estimate of drug-likeness (QED) is 0.919. The minimum Gasteiger partial charge on any atom is -0.481 e. The molecule has 1 amide bonds. The summed E-state index contributed by atoms with van der Waals surface area (Å²) >= 11 is 0. The van der Waals surface area contributed by atoms with Gasteiger partial charge in [-0.1, -0.05) is 18.2 Å². The van der Waals surface area contributed by atoms with Crippen molar-refractivity contribution in [3.8, 4) is 5.69 Å². The maximum atomic E-state index is 12.6. The second-order valence-electron chi connectivity index (χ2n) is 6.50. The van der Waals surface area contributed by atoms with Gasteiger partial charge in [-0.2, -0.15) is 0 Å². The highest BCUT2D eigenvalue weighted by Gasteiger charge is 2.47. The minimum absolute atomic E-state index is 0.0580. The van der Waals surface area contributed by atoms with Gasteiger partial charge in [0.25, 0.3) is 5.91 Å². The lowest BCUT2D eigenvalue weighted by Gasteiger charge is -2.13. The first kappa shape index (κ1) is 14.9. The van der Waals surface area contributed by atoms with Crippen LogP contribution in [0.3, 0.4) is 0 Å². The molecule has 1 aliphatic carbocycles. The number of hydrogen-bond donors (Lipinski definition) is 1. The SMILES string of the molecule is O=C(O)[C@H]1CN(C(=O)c2ncn(-c3ccccc3)n2)C[C@@H]1C1CC1. The molecule has 2 heterocycles. The zero-order valence-corrected chi connectivity index (χ0v) is 13.1. The van der Waals surface area contributed by atoms with E-state index in [1.54, 1.807) is 9.58 Å². The number of carbonyl (C=O) groups excluding carboxylic acids is 1. The smallest absolute Gasteiger partial charge is 0.308 e. The summed E-state index contributed by atoms with van der Waals surface area (Å²) in [6.45, 7) is 0.732. The van der Waals surface area contributed by atoms with Crippen molar-refractivity contribution < 1.29 is 14.7 Å². The lowest BCUT2D eigenvalue weighted by Crippen LogP contribution is -2.30. The Morgan fingerprint density at radius 2 is 1.88 bits per heavy atom. The average Bonchev–Trinajstić information content (AvgIpc) is 3.15. The molecule has 1 saturated heterocycles.